The Bertz CT molecular complexity index is 924. The summed E-state index contributed by atoms with van der Waals surface area (Å²) >= 11 is 6.28. The topological polar surface area (TPSA) is 45.7 Å². The van der Waals surface area contributed by atoms with E-state index >= 15 is 0 Å². The lowest BCUT2D eigenvalue weighted by Crippen LogP contribution is -2.86. The van der Waals surface area contributed by atoms with Crippen LogP contribution in [0.2, 0.25) is 5.02 Å². The Hall–Kier alpha value is -2.36. The van der Waals surface area contributed by atoms with Gasteiger partial charge < -0.3 is 10.6 Å². The lowest BCUT2D eigenvalue weighted by atomic mass is 10.00. The molecule has 134 valence electrons. The fraction of sp³-hybridized carbons (Fsp3) is 0.227. The van der Waals surface area contributed by atoms with E-state index in [1.54, 1.807) is 0 Å². The van der Waals surface area contributed by atoms with Gasteiger partial charge >= 0.3 is 0 Å². The zero-order chi connectivity index (χ0) is 18.7. The van der Waals surface area contributed by atoms with E-state index in [0.29, 0.717) is 17.3 Å². The predicted octanol–water partition coefficient (Wildman–Crippen LogP) is 4.37. The van der Waals surface area contributed by atoms with Crippen LogP contribution in [0.4, 0.5) is 5.69 Å². The molecule has 0 aromatic heterocycles. The van der Waals surface area contributed by atoms with Gasteiger partial charge in [-0.15, -0.1) is 0 Å². The normalized spacial score (nSPS) is 12.2. The van der Waals surface area contributed by atoms with Crippen molar-refractivity contribution in [1.82, 2.24) is 0 Å². The third-order valence-electron chi connectivity index (χ3n) is 4.67. The van der Waals surface area contributed by atoms with Gasteiger partial charge in [0.15, 0.2) is 6.54 Å². The van der Waals surface area contributed by atoms with Crippen LogP contribution in [0.1, 0.15) is 29.7 Å². The summed E-state index contributed by atoms with van der Waals surface area (Å²) in [6.45, 7) is 6.41. The molecular formula is C22H24ClN2O+. The predicted molar refractivity (Wildman–Crippen MR) is 109 cm³/mol. The Balaban J connectivity index is 1.68. The van der Waals surface area contributed by atoms with Crippen LogP contribution in [-0.2, 0) is 4.79 Å². The minimum absolute atomic E-state index is 0.0501. The fourth-order valence-corrected chi connectivity index (χ4v) is 3.69. The SMILES string of the molecule is Cc1cc(C)c(NC(=O)C[NH2+][C@H](C)c2cccc3ccccc23)c(Cl)c1. The molecule has 0 bridgehead atoms. The zero-order valence-corrected chi connectivity index (χ0v) is 16.1. The summed E-state index contributed by atoms with van der Waals surface area (Å²) in [5.41, 5.74) is 4.00. The Morgan fingerprint density at radius 3 is 2.62 bits per heavy atom. The van der Waals surface area contributed by atoms with Crippen molar-refractivity contribution in [3.63, 3.8) is 0 Å². The molecule has 0 spiro atoms. The molecule has 1 atom stereocenters. The number of halogens is 1. The average Bonchev–Trinajstić information content (AvgIpc) is 2.62. The summed E-state index contributed by atoms with van der Waals surface area (Å²) in [4.78, 5) is 12.4. The minimum Gasteiger partial charge on any atom is -0.332 e. The maximum atomic E-state index is 12.4. The molecule has 26 heavy (non-hydrogen) atoms. The third-order valence-corrected chi connectivity index (χ3v) is 4.96. The summed E-state index contributed by atoms with van der Waals surface area (Å²) in [5.74, 6) is -0.0501. The molecule has 0 aliphatic carbocycles. The van der Waals surface area contributed by atoms with Crippen molar-refractivity contribution in [1.29, 1.82) is 0 Å². The van der Waals surface area contributed by atoms with Gasteiger partial charge in [0.2, 0.25) is 0 Å². The van der Waals surface area contributed by atoms with Crippen molar-refractivity contribution < 1.29 is 10.1 Å². The summed E-state index contributed by atoms with van der Waals surface area (Å²) in [6.07, 6.45) is 0. The third kappa shape index (κ3) is 4.06. The first-order valence-corrected chi connectivity index (χ1v) is 9.21. The highest BCUT2D eigenvalue weighted by atomic mass is 35.5. The molecule has 0 saturated carbocycles. The number of amides is 1. The van der Waals surface area contributed by atoms with E-state index in [1.165, 1.54) is 16.3 Å². The number of hydrogen-bond acceptors (Lipinski definition) is 1. The molecule has 0 radical (unpaired) electrons. The van der Waals surface area contributed by atoms with Crippen LogP contribution in [-0.4, -0.2) is 12.5 Å². The molecule has 0 unspecified atom stereocenters. The molecule has 3 N–H and O–H groups in total. The van der Waals surface area contributed by atoms with Crippen LogP contribution in [0, 0.1) is 13.8 Å². The van der Waals surface area contributed by atoms with Crippen LogP contribution in [0.15, 0.2) is 54.6 Å². The Morgan fingerprint density at radius 2 is 1.85 bits per heavy atom. The van der Waals surface area contributed by atoms with Crippen molar-refractivity contribution in [2.75, 3.05) is 11.9 Å². The number of aryl methyl sites for hydroxylation is 2. The first kappa shape index (κ1) is 18.4. The Morgan fingerprint density at radius 1 is 1.12 bits per heavy atom. The average molecular weight is 368 g/mol. The highest BCUT2D eigenvalue weighted by Gasteiger charge is 2.15. The summed E-state index contributed by atoms with van der Waals surface area (Å²) in [6, 6.07) is 18.7. The van der Waals surface area contributed by atoms with Crippen molar-refractivity contribution in [2.24, 2.45) is 0 Å². The molecule has 0 saturated heterocycles. The van der Waals surface area contributed by atoms with E-state index in [9.17, 15) is 4.79 Å². The molecule has 0 aliphatic rings. The van der Waals surface area contributed by atoms with Gasteiger partial charge in [0.1, 0.15) is 6.04 Å². The fourth-order valence-electron chi connectivity index (χ4n) is 3.32. The van der Waals surface area contributed by atoms with Crippen LogP contribution in [0.5, 0.6) is 0 Å². The number of nitrogens with two attached hydrogens (primary N) is 1. The molecule has 0 heterocycles. The Labute approximate surface area is 159 Å². The largest absolute Gasteiger partial charge is 0.332 e. The molecule has 0 aliphatic heterocycles. The monoisotopic (exact) mass is 367 g/mol. The highest BCUT2D eigenvalue weighted by molar-refractivity contribution is 6.34. The summed E-state index contributed by atoms with van der Waals surface area (Å²) in [7, 11) is 0. The number of hydrogen-bond donors (Lipinski definition) is 2. The van der Waals surface area contributed by atoms with Crippen molar-refractivity contribution in [2.45, 2.75) is 26.8 Å². The van der Waals surface area contributed by atoms with E-state index in [4.69, 9.17) is 11.6 Å². The number of quaternary nitrogens is 1. The first-order chi connectivity index (χ1) is 12.5. The van der Waals surface area contributed by atoms with Gasteiger partial charge in [0, 0.05) is 5.56 Å². The molecule has 4 heteroatoms. The lowest BCUT2D eigenvalue weighted by molar-refractivity contribution is -0.682. The van der Waals surface area contributed by atoms with Crippen LogP contribution in [0.25, 0.3) is 10.8 Å². The van der Waals surface area contributed by atoms with Crippen molar-refractivity contribution in [3.8, 4) is 0 Å². The van der Waals surface area contributed by atoms with E-state index in [-0.39, 0.29) is 11.9 Å². The van der Waals surface area contributed by atoms with Gasteiger partial charge in [0.05, 0.1) is 10.7 Å². The van der Waals surface area contributed by atoms with Gasteiger partial charge in [-0.05, 0) is 48.7 Å². The smallest absolute Gasteiger partial charge is 0.279 e. The van der Waals surface area contributed by atoms with Crippen LogP contribution in [0.3, 0.4) is 0 Å². The Kier molecular flexibility index (Phi) is 5.60. The number of fused-ring (bicyclic) bond motifs is 1. The minimum atomic E-state index is -0.0501. The number of anilines is 1. The second-order valence-electron chi connectivity index (χ2n) is 6.78. The number of rotatable bonds is 5. The maximum absolute atomic E-state index is 12.4. The second-order valence-corrected chi connectivity index (χ2v) is 7.19. The van der Waals surface area contributed by atoms with Gasteiger partial charge in [-0.25, -0.2) is 0 Å². The zero-order valence-electron chi connectivity index (χ0n) is 15.3. The van der Waals surface area contributed by atoms with Gasteiger partial charge in [-0.2, -0.15) is 0 Å². The highest BCUT2D eigenvalue weighted by Crippen LogP contribution is 2.27. The summed E-state index contributed by atoms with van der Waals surface area (Å²) in [5, 5.41) is 8.03. The quantitative estimate of drug-likeness (QED) is 0.691. The molecule has 0 fully saturated rings. The van der Waals surface area contributed by atoms with E-state index in [1.807, 2.05) is 38.1 Å². The number of carbonyl (C=O) groups excluding carboxylic acids is 1. The van der Waals surface area contributed by atoms with Gasteiger partial charge in [-0.1, -0.05) is 60.1 Å². The van der Waals surface area contributed by atoms with Crippen molar-refractivity contribution >= 4 is 34.0 Å². The first-order valence-electron chi connectivity index (χ1n) is 8.83. The molecule has 3 aromatic carbocycles. The van der Waals surface area contributed by atoms with E-state index in [0.717, 1.165) is 11.1 Å². The van der Waals surface area contributed by atoms with Crippen LogP contribution >= 0.6 is 11.6 Å². The van der Waals surface area contributed by atoms with Crippen LogP contribution < -0.4 is 10.6 Å². The number of benzene rings is 3. The number of nitrogens with one attached hydrogen (secondary N) is 1. The summed E-state index contributed by atoms with van der Waals surface area (Å²) < 4.78 is 0. The van der Waals surface area contributed by atoms with Gasteiger partial charge in [-0.3, -0.25) is 4.79 Å². The second kappa shape index (κ2) is 7.90. The van der Waals surface area contributed by atoms with E-state index < -0.39 is 0 Å². The molecule has 1 amide bonds. The van der Waals surface area contributed by atoms with Gasteiger partial charge in [0.25, 0.3) is 5.91 Å². The number of carbonyl (C=O) groups is 1. The molecular weight excluding hydrogens is 344 g/mol. The van der Waals surface area contributed by atoms with Crippen molar-refractivity contribution in [3.05, 3.63) is 76.3 Å². The molecule has 3 rings (SSSR count). The molecule has 3 nitrogen and oxygen atoms in total. The molecule has 3 aromatic rings. The van der Waals surface area contributed by atoms with E-state index in [2.05, 4.69) is 47.9 Å². The maximum Gasteiger partial charge on any atom is 0.279 e. The standard InChI is InChI=1S/C22H23ClN2O/c1-14-11-15(2)22(20(23)12-14)25-21(26)13-24-16(3)18-10-6-8-17-7-4-5-9-19(17)18/h4-12,16,24H,13H2,1-3H3,(H,25,26)/p+1/t16-/m1/s1. The lowest BCUT2D eigenvalue weighted by Gasteiger charge is -2.15.